The predicted octanol–water partition coefficient (Wildman–Crippen LogP) is 3.33. The summed E-state index contributed by atoms with van der Waals surface area (Å²) in [7, 11) is 3.01. The zero-order valence-corrected chi connectivity index (χ0v) is 17.6. The average molecular weight is 413 g/mol. The Morgan fingerprint density at radius 2 is 1.72 bits per heavy atom. The number of thioether (sulfide) groups is 1. The SMILES string of the molecule is COc1ccc(N2C(=O)C(SCCO)=C(c3ccc(C)c(C)c3)C2=O)c(OC)c1. The zero-order valence-electron chi connectivity index (χ0n) is 16.8. The summed E-state index contributed by atoms with van der Waals surface area (Å²) in [6.45, 7) is 3.86. The summed E-state index contributed by atoms with van der Waals surface area (Å²) in [6, 6.07) is 10.6. The molecular weight excluding hydrogens is 390 g/mol. The number of hydrogen-bond donors (Lipinski definition) is 1. The maximum absolute atomic E-state index is 13.4. The number of hydrogen-bond acceptors (Lipinski definition) is 6. The van der Waals surface area contributed by atoms with Crippen LogP contribution in [-0.4, -0.2) is 43.5 Å². The van der Waals surface area contributed by atoms with Crippen LogP contribution in [0.25, 0.3) is 5.57 Å². The smallest absolute Gasteiger partial charge is 0.272 e. The highest BCUT2D eigenvalue weighted by atomic mass is 32.2. The van der Waals surface area contributed by atoms with Gasteiger partial charge in [-0.15, -0.1) is 11.8 Å². The molecule has 2 amide bonds. The largest absolute Gasteiger partial charge is 0.497 e. The molecule has 0 saturated heterocycles. The lowest BCUT2D eigenvalue weighted by Gasteiger charge is -2.19. The summed E-state index contributed by atoms with van der Waals surface area (Å²) in [6.07, 6.45) is 0. The Hall–Kier alpha value is -2.77. The summed E-state index contributed by atoms with van der Waals surface area (Å²) in [4.78, 5) is 28.1. The number of aryl methyl sites for hydroxylation is 2. The van der Waals surface area contributed by atoms with Crippen LogP contribution >= 0.6 is 11.8 Å². The topological polar surface area (TPSA) is 76.1 Å². The van der Waals surface area contributed by atoms with Crippen LogP contribution < -0.4 is 14.4 Å². The lowest BCUT2D eigenvalue weighted by atomic mass is 10.0. The number of aliphatic hydroxyl groups is 1. The number of carbonyl (C=O) groups excluding carboxylic acids is 2. The first-order chi connectivity index (χ1) is 13.9. The van der Waals surface area contributed by atoms with Crippen LogP contribution in [0.4, 0.5) is 5.69 Å². The molecule has 0 saturated carbocycles. The van der Waals surface area contributed by atoms with Crippen LogP contribution in [0.2, 0.25) is 0 Å². The molecule has 152 valence electrons. The first-order valence-electron chi connectivity index (χ1n) is 9.09. The molecule has 0 atom stereocenters. The number of anilines is 1. The van der Waals surface area contributed by atoms with Crippen LogP contribution in [0, 0.1) is 13.8 Å². The molecule has 1 N–H and O–H groups in total. The quantitative estimate of drug-likeness (QED) is 0.702. The summed E-state index contributed by atoms with van der Waals surface area (Å²) >= 11 is 1.18. The highest BCUT2D eigenvalue weighted by Crippen LogP contribution is 2.42. The summed E-state index contributed by atoms with van der Waals surface area (Å²) < 4.78 is 10.6. The third-order valence-corrected chi connectivity index (χ3v) is 5.86. The van der Waals surface area contributed by atoms with Gasteiger partial charge in [0.05, 0.1) is 37.0 Å². The van der Waals surface area contributed by atoms with Crippen LogP contribution in [0.5, 0.6) is 11.5 Å². The van der Waals surface area contributed by atoms with Gasteiger partial charge in [0.15, 0.2) is 0 Å². The number of methoxy groups -OCH3 is 2. The molecule has 0 aliphatic carbocycles. The highest BCUT2D eigenvalue weighted by molar-refractivity contribution is 8.04. The van der Waals surface area contributed by atoms with E-state index < -0.39 is 11.8 Å². The lowest BCUT2D eigenvalue weighted by Crippen LogP contribution is -2.31. The molecule has 1 aliphatic heterocycles. The molecule has 0 unspecified atom stereocenters. The molecule has 0 bridgehead atoms. The van der Waals surface area contributed by atoms with E-state index in [1.54, 1.807) is 18.2 Å². The van der Waals surface area contributed by atoms with Crippen LogP contribution in [-0.2, 0) is 9.59 Å². The third kappa shape index (κ3) is 3.88. The van der Waals surface area contributed by atoms with Gasteiger partial charge in [-0.2, -0.15) is 0 Å². The fourth-order valence-corrected chi connectivity index (χ4v) is 3.99. The van der Waals surface area contributed by atoms with E-state index >= 15 is 0 Å². The van der Waals surface area contributed by atoms with Gasteiger partial charge in [0.1, 0.15) is 11.5 Å². The van der Waals surface area contributed by atoms with Crippen molar-refractivity contribution >= 4 is 34.8 Å². The molecule has 29 heavy (non-hydrogen) atoms. The minimum absolute atomic E-state index is 0.0955. The molecule has 0 aromatic heterocycles. The Balaban J connectivity index is 2.12. The van der Waals surface area contributed by atoms with Crippen molar-refractivity contribution < 1.29 is 24.2 Å². The first-order valence-corrected chi connectivity index (χ1v) is 10.1. The van der Waals surface area contributed by atoms with Crippen molar-refractivity contribution in [2.45, 2.75) is 13.8 Å². The highest BCUT2D eigenvalue weighted by Gasteiger charge is 2.41. The fraction of sp³-hybridized carbons (Fsp3) is 0.273. The Morgan fingerprint density at radius 3 is 2.34 bits per heavy atom. The van der Waals surface area contributed by atoms with E-state index in [0.29, 0.717) is 39.0 Å². The molecular formula is C22H23NO5S. The number of carbonyl (C=O) groups is 2. The van der Waals surface area contributed by atoms with Gasteiger partial charge in [0.25, 0.3) is 11.8 Å². The predicted molar refractivity (Wildman–Crippen MR) is 114 cm³/mol. The number of ether oxygens (including phenoxy) is 2. The molecule has 3 rings (SSSR count). The van der Waals surface area contributed by atoms with Gasteiger partial charge >= 0.3 is 0 Å². The first kappa shape index (κ1) is 21.0. The van der Waals surface area contributed by atoms with Crippen molar-refractivity contribution in [2.75, 3.05) is 31.5 Å². The number of nitrogens with zero attached hydrogens (tertiary/aromatic N) is 1. The number of rotatable bonds is 7. The van der Waals surface area contributed by atoms with Crippen LogP contribution in [0.15, 0.2) is 41.3 Å². The van der Waals surface area contributed by atoms with E-state index in [1.807, 2.05) is 32.0 Å². The number of aliphatic hydroxyl groups excluding tert-OH is 1. The zero-order chi connectivity index (χ0) is 21.1. The molecule has 1 heterocycles. The van der Waals surface area contributed by atoms with E-state index in [-0.39, 0.29) is 6.61 Å². The number of benzene rings is 2. The van der Waals surface area contributed by atoms with Crippen LogP contribution in [0.1, 0.15) is 16.7 Å². The lowest BCUT2D eigenvalue weighted by molar-refractivity contribution is -0.119. The van der Waals surface area contributed by atoms with E-state index in [4.69, 9.17) is 9.47 Å². The maximum atomic E-state index is 13.4. The van der Waals surface area contributed by atoms with Gasteiger partial charge in [-0.05, 0) is 42.7 Å². The molecule has 2 aromatic carbocycles. The molecule has 0 spiro atoms. The summed E-state index contributed by atoms with van der Waals surface area (Å²) in [5, 5.41) is 9.25. The molecule has 6 nitrogen and oxygen atoms in total. The van der Waals surface area contributed by atoms with E-state index in [0.717, 1.165) is 16.0 Å². The monoisotopic (exact) mass is 413 g/mol. The van der Waals surface area contributed by atoms with Gasteiger partial charge in [-0.3, -0.25) is 9.59 Å². The second-order valence-electron chi connectivity index (χ2n) is 6.56. The van der Waals surface area contributed by atoms with Crippen molar-refractivity contribution in [3.05, 3.63) is 58.0 Å². The normalized spacial score (nSPS) is 14.0. The van der Waals surface area contributed by atoms with Gasteiger partial charge in [-0.25, -0.2) is 4.90 Å². The molecule has 0 fully saturated rings. The Morgan fingerprint density at radius 1 is 0.966 bits per heavy atom. The molecule has 7 heteroatoms. The number of amides is 2. The number of imide groups is 1. The standard InChI is InChI=1S/C22H23NO5S/c1-13-5-6-15(11-14(13)2)19-20(29-10-9-24)22(26)23(21(19)25)17-8-7-16(27-3)12-18(17)28-4/h5-8,11-12,24H,9-10H2,1-4H3. The fourth-order valence-electron chi connectivity index (χ4n) is 3.13. The molecule has 0 radical (unpaired) electrons. The van der Waals surface area contributed by atoms with Crippen molar-refractivity contribution in [3.8, 4) is 11.5 Å². The molecule has 2 aromatic rings. The Kier molecular flexibility index (Phi) is 6.30. The van der Waals surface area contributed by atoms with Crippen molar-refractivity contribution in [1.82, 2.24) is 0 Å². The van der Waals surface area contributed by atoms with Gasteiger partial charge in [0, 0.05) is 11.8 Å². The Labute approximate surface area is 174 Å². The maximum Gasteiger partial charge on any atom is 0.272 e. The second kappa shape index (κ2) is 8.71. The summed E-state index contributed by atoms with van der Waals surface area (Å²) in [5.41, 5.74) is 3.51. The van der Waals surface area contributed by atoms with E-state index in [9.17, 15) is 14.7 Å². The third-order valence-electron chi connectivity index (χ3n) is 4.80. The van der Waals surface area contributed by atoms with Gasteiger partial charge in [-0.1, -0.05) is 18.2 Å². The average Bonchev–Trinajstić information content (AvgIpc) is 2.97. The van der Waals surface area contributed by atoms with E-state index in [2.05, 4.69) is 0 Å². The van der Waals surface area contributed by atoms with Crippen molar-refractivity contribution in [3.63, 3.8) is 0 Å². The minimum atomic E-state index is -0.426. The van der Waals surface area contributed by atoms with Crippen molar-refractivity contribution in [2.24, 2.45) is 0 Å². The van der Waals surface area contributed by atoms with Gasteiger partial charge < -0.3 is 14.6 Å². The molecule has 1 aliphatic rings. The van der Waals surface area contributed by atoms with Crippen molar-refractivity contribution in [1.29, 1.82) is 0 Å². The van der Waals surface area contributed by atoms with E-state index in [1.165, 1.54) is 26.0 Å². The van der Waals surface area contributed by atoms with Crippen LogP contribution in [0.3, 0.4) is 0 Å². The minimum Gasteiger partial charge on any atom is -0.497 e. The Bertz CT molecular complexity index is 999. The second-order valence-corrected chi connectivity index (χ2v) is 7.66. The summed E-state index contributed by atoms with van der Waals surface area (Å²) in [5.74, 6) is 0.393. The van der Waals surface area contributed by atoms with Gasteiger partial charge in [0.2, 0.25) is 0 Å².